The van der Waals surface area contributed by atoms with Gasteiger partial charge in [0.25, 0.3) is 0 Å². The summed E-state index contributed by atoms with van der Waals surface area (Å²) in [5, 5.41) is 9.34. The number of carboxylic acid groups (broad SMARTS) is 1. The largest absolute Gasteiger partial charge is 0.481 e. The third kappa shape index (κ3) is 5.64. The number of rotatable bonds is 9. The molecule has 4 nitrogen and oxygen atoms in total. The molecule has 0 aliphatic rings. The second-order valence-corrected chi connectivity index (χ2v) is 5.54. The Bertz CT molecular complexity index is 512. The van der Waals surface area contributed by atoms with Gasteiger partial charge < -0.3 is 5.11 Å². The lowest BCUT2D eigenvalue weighted by molar-refractivity contribution is -0.142. The smallest absolute Gasteiger partial charge is 0.306 e. The lowest BCUT2D eigenvalue weighted by atomic mass is 9.94. The Kier molecular flexibility index (Phi) is 6.55. The zero-order chi connectivity index (χ0) is 15.6. The Balaban J connectivity index is 1.72. The van der Waals surface area contributed by atoms with Crippen molar-refractivity contribution in [2.24, 2.45) is 5.92 Å². The maximum atomic E-state index is 11.4. The van der Waals surface area contributed by atoms with Gasteiger partial charge in [-0.15, -0.1) is 0 Å². The first-order valence-electron chi connectivity index (χ1n) is 7.76. The summed E-state index contributed by atoms with van der Waals surface area (Å²) in [4.78, 5) is 19.5. The summed E-state index contributed by atoms with van der Waals surface area (Å²) in [6, 6.07) is 7.90. The minimum Gasteiger partial charge on any atom is -0.481 e. The fourth-order valence-electron chi connectivity index (χ4n) is 2.59. The molecule has 0 aliphatic carbocycles. The van der Waals surface area contributed by atoms with Gasteiger partial charge in [-0.25, -0.2) is 0 Å². The molecule has 0 bridgehead atoms. The molecule has 0 amide bonds. The van der Waals surface area contributed by atoms with Crippen molar-refractivity contribution in [3.63, 3.8) is 0 Å². The number of aromatic nitrogens is 2. The van der Waals surface area contributed by atoms with E-state index in [4.69, 9.17) is 0 Å². The zero-order valence-electron chi connectivity index (χ0n) is 12.7. The molecule has 0 radical (unpaired) electrons. The van der Waals surface area contributed by atoms with E-state index in [1.54, 1.807) is 12.4 Å². The zero-order valence-corrected chi connectivity index (χ0v) is 12.7. The quantitative estimate of drug-likeness (QED) is 0.769. The van der Waals surface area contributed by atoms with E-state index in [0.717, 1.165) is 38.5 Å². The van der Waals surface area contributed by atoms with E-state index in [1.165, 1.54) is 11.1 Å². The van der Waals surface area contributed by atoms with Crippen molar-refractivity contribution in [3.8, 4) is 0 Å². The first-order chi connectivity index (χ1) is 10.8. The van der Waals surface area contributed by atoms with Crippen LogP contribution in [-0.2, 0) is 17.6 Å². The molecule has 4 heteroatoms. The molecule has 1 N–H and O–H groups in total. The van der Waals surface area contributed by atoms with Crippen LogP contribution in [0.5, 0.6) is 0 Å². The van der Waals surface area contributed by atoms with E-state index in [-0.39, 0.29) is 5.92 Å². The summed E-state index contributed by atoms with van der Waals surface area (Å²) in [6.07, 6.45) is 12.2. The number of aryl methyl sites for hydroxylation is 2. The highest BCUT2D eigenvalue weighted by atomic mass is 16.4. The topological polar surface area (TPSA) is 63.1 Å². The van der Waals surface area contributed by atoms with Crippen LogP contribution in [0.4, 0.5) is 0 Å². The average Bonchev–Trinajstić information content (AvgIpc) is 2.55. The van der Waals surface area contributed by atoms with Gasteiger partial charge in [0.2, 0.25) is 0 Å². The average molecular weight is 298 g/mol. The van der Waals surface area contributed by atoms with Gasteiger partial charge in [-0.1, -0.05) is 12.1 Å². The number of carbonyl (C=O) groups is 1. The third-order valence-electron chi connectivity index (χ3n) is 3.83. The molecule has 2 heterocycles. The second-order valence-electron chi connectivity index (χ2n) is 5.54. The fourth-order valence-corrected chi connectivity index (χ4v) is 2.59. The van der Waals surface area contributed by atoms with E-state index < -0.39 is 5.97 Å². The number of carboxylic acids is 1. The molecule has 0 aliphatic heterocycles. The Hall–Kier alpha value is -2.23. The van der Waals surface area contributed by atoms with Crippen molar-refractivity contribution in [1.82, 2.24) is 9.97 Å². The Morgan fingerprint density at radius 3 is 1.82 bits per heavy atom. The number of hydrogen-bond donors (Lipinski definition) is 1. The molecule has 0 spiro atoms. The Labute approximate surface area is 131 Å². The van der Waals surface area contributed by atoms with Crippen molar-refractivity contribution >= 4 is 5.97 Å². The molecule has 116 valence electrons. The lowest BCUT2D eigenvalue weighted by Crippen LogP contribution is -2.14. The van der Waals surface area contributed by atoms with Crippen LogP contribution >= 0.6 is 0 Å². The van der Waals surface area contributed by atoms with Crippen molar-refractivity contribution in [2.45, 2.75) is 38.5 Å². The van der Waals surface area contributed by atoms with Crippen LogP contribution in [0.25, 0.3) is 0 Å². The van der Waals surface area contributed by atoms with Gasteiger partial charge in [0.15, 0.2) is 0 Å². The van der Waals surface area contributed by atoms with Crippen LogP contribution in [-0.4, -0.2) is 21.0 Å². The first-order valence-corrected chi connectivity index (χ1v) is 7.76. The molecule has 0 aromatic carbocycles. The van der Waals surface area contributed by atoms with Gasteiger partial charge in [0, 0.05) is 24.8 Å². The molecule has 2 aromatic rings. The molecule has 22 heavy (non-hydrogen) atoms. The van der Waals surface area contributed by atoms with Crippen molar-refractivity contribution in [2.75, 3.05) is 0 Å². The molecular formula is C18H22N2O2. The molecule has 0 fully saturated rings. The van der Waals surface area contributed by atoms with E-state index >= 15 is 0 Å². The van der Waals surface area contributed by atoms with Crippen LogP contribution in [0.1, 0.15) is 36.8 Å². The highest BCUT2D eigenvalue weighted by Gasteiger charge is 2.16. The SMILES string of the molecule is O=C(O)C(CCCc1cccnc1)CCCc1cccnc1. The normalized spacial score (nSPS) is 10.8. The first kappa shape index (κ1) is 16.1. The Morgan fingerprint density at radius 1 is 0.955 bits per heavy atom. The summed E-state index contributed by atoms with van der Waals surface area (Å²) >= 11 is 0. The molecule has 0 unspecified atom stereocenters. The maximum Gasteiger partial charge on any atom is 0.306 e. The predicted molar refractivity (Wildman–Crippen MR) is 85.5 cm³/mol. The summed E-state index contributed by atoms with van der Waals surface area (Å²) in [5.74, 6) is -0.939. The number of nitrogens with zero attached hydrogens (tertiary/aromatic N) is 2. The standard InChI is InChI=1S/C18H22N2O2/c21-18(22)17(9-1-5-15-7-3-11-19-13-15)10-2-6-16-8-4-12-20-14-16/h3-4,7-8,11-14,17H,1-2,5-6,9-10H2,(H,21,22). The molecule has 0 atom stereocenters. The molecule has 0 saturated heterocycles. The van der Waals surface area contributed by atoms with Gasteiger partial charge in [0.1, 0.15) is 0 Å². The molecular weight excluding hydrogens is 276 g/mol. The predicted octanol–water partition coefficient (Wildman–Crippen LogP) is 3.52. The van der Waals surface area contributed by atoms with Crippen molar-refractivity contribution in [1.29, 1.82) is 0 Å². The van der Waals surface area contributed by atoms with Crippen LogP contribution in [0, 0.1) is 5.92 Å². The van der Waals surface area contributed by atoms with E-state index in [1.807, 2.05) is 36.7 Å². The molecule has 2 rings (SSSR count). The van der Waals surface area contributed by atoms with Crippen LogP contribution < -0.4 is 0 Å². The van der Waals surface area contributed by atoms with E-state index in [9.17, 15) is 9.90 Å². The van der Waals surface area contributed by atoms with Gasteiger partial charge in [-0.3, -0.25) is 14.8 Å². The van der Waals surface area contributed by atoms with Crippen molar-refractivity contribution < 1.29 is 9.90 Å². The van der Waals surface area contributed by atoms with Gasteiger partial charge >= 0.3 is 5.97 Å². The summed E-state index contributed by atoms with van der Waals surface area (Å²) in [5.41, 5.74) is 2.34. The fraction of sp³-hybridized carbons (Fsp3) is 0.389. The summed E-state index contributed by atoms with van der Waals surface area (Å²) < 4.78 is 0. The van der Waals surface area contributed by atoms with E-state index in [2.05, 4.69) is 9.97 Å². The molecule has 0 saturated carbocycles. The van der Waals surface area contributed by atoms with Gasteiger partial charge in [0.05, 0.1) is 5.92 Å². The minimum atomic E-state index is -0.683. The van der Waals surface area contributed by atoms with Crippen LogP contribution in [0.2, 0.25) is 0 Å². The maximum absolute atomic E-state index is 11.4. The molecule has 2 aromatic heterocycles. The van der Waals surface area contributed by atoms with Crippen LogP contribution in [0.15, 0.2) is 49.1 Å². The van der Waals surface area contributed by atoms with E-state index in [0.29, 0.717) is 0 Å². The van der Waals surface area contributed by atoms with Crippen molar-refractivity contribution in [3.05, 3.63) is 60.2 Å². The summed E-state index contributed by atoms with van der Waals surface area (Å²) in [6.45, 7) is 0. The number of pyridine rings is 2. The van der Waals surface area contributed by atoms with Gasteiger partial charge in [-0.05, 0) is 61.8 Å². The second kappa shape index (κ2) is 8.93. The minimum absolute atomic E-state index is 0.256. The van der Waals surface area contributed by atoms with Gasteiger partial charge in [-0.2, -0.15) is 0 Å². The monoisotopic (exact) mass is 298 g/mol. The number of hydrogen-bond acceptors (Lipinski definition) is 3. The highest BCUT2D eigenvalue weighted by molar-refractivity contribution is 5.69. The van der Waals surface area contributed by atoms with Crippen LogP contribution in [0.3, 0.4) is 0 Å². The third-order valence-corrected chi connectivity index (χ3v) is 3.83. The number of aliphatic carboxylic acids is 1. The summed E-state index contributed by atoms with van der Waals surface area (Å²) in [7, 11) is 0. The highest BCUT2D eigenvalue weighted by Crippen LogP contribution is 2.17. The Morgan fingerprint density at radius 2 is 1.45 bits per heavy atom. The lowest BCUT2D eigenvalue weighted by Gasteiger charge is -2.12.